The van der Waals surface area contributed by atoms with Crippen LogP contribution in [-0.2, 0) is 6.42 Å². The molecule has 0 radical (unpaired) electrons. The minimum atomic E-state index is -2.47. The first-order valence-corrected chi connectivity index (χ1v) is 7.22. The van der Waals surface area contributed by atoms with Gasteiger partial charge in [0.05, 0.1) is 7.11 Å². The molecule has 0 unspecified atom stereocenters. The molecule has 2 rings (SSSR count). The van der Waals surface area contributed by atoms with Gasteiger partial charge in [0.25, 0.3) is 5.92 Å². The Labute approximate surface area is 120 Å². The molecule has 1 heterocycles. The summed E-state index contributed by atoms with van der Waals surface area (Å²) >= 11 is 3.51. The molecular weight excluding hydrogens is 316 g/mol. The lowest BCUT2D eigenvalue weighted by atomic mass is 10.1. The molecule has 2 nitrogen and oxygen atoms in total. The molecule has 1 aromatic rings. The molecule has 0 aliphatic carbocycles. The zero-order valence-corrected chi connectivity index (χ0v) is 12.6. The molecule has 1 aromatic carbocycles. The van der Waals surface area contributed by atoms with Crippen LogP contribution >= 0.6 is 15.9 Å². The molecule has 0 aromatic heterocycles. The van der Waals surface area contributed by atoms with Gasteiger partial charge < -0.3 is 9.64 Å². The molecule has 19 heavy (non-hydrogen) atoms. The Kier molecular flexibility index (Phi) is 4.79. The van der Waals surface area contributed by atoms with Crippen molar-refractivity contribution in [2.45, 2.75) is 25.2 Å². The van der Waals surface area contributed by atoms with E-state index in [-0.39, 0.29) is 12.8 Å². The van der Waals surface area contributed by atoms with E-state index in [1.54, 1.807) is 7.11 Å². The number of ether oxygens (including phenoxy) is 1. The molecule has 1 fully saturated rings. The fraction of sp³-hybridized carbons (Fsp3) is 0.571. The predicted octanol–water partition coefficient (Wildman–Crippen LogP) is 3.73. The third-order valence-corrected chi connectivity index (χ3v) is 4.31. The predicted molar refractivity (Wildman–Crippen MR) is 75.0 cm³/mol. The van der Waals surface area contributed by atoms with E-state index in [4.69, 9.17) is 4.74 Å². The summed E-state index contributed by atoms with van der Waals surface area (Å²) in [4.78, 5) is 2.10. The highest BCUT2D eigenvalue weighted by Gasteiger charge is 2.33. The minimum absolute atomic E-state index is 0.0215. The van der Waals surface area contributed by atoms with E-state index in [2.05, 4.69) is 20.8 Å². The van der Waals surface area contributed by atoms with Gasteiger partial charge >= 0.3 is 0 Å². The van der Waals surface area contributed by atoms with Gasteiger partial charge in [-0.25, -0.2) is 8.78 Å². The summed E-state index contributed by atoms with van der Waals surface area (Å²) in [5, 5.41) is 0. The lowest BCUT2D eigenvalue weighted by Crippen LogP contribution is -2.40. The van der Waals surface area contributed by atoms with E-state index in [0.29, 0.717) is 13.1 Å². The monoisotopic (exact) mass is 333 g/mol. The zero-order valence-electron chi connectivity index (χ0n) is 11.0. The van der Waals surface area contributed by atoms with Gasteiger partial charge in [0, 0.05) is 36.9 Å². The molecule has 106 valence electrons. The molecular formula is C14H18BrF2NO. The van der Waals surface area contributed by atoms with Crippen molar-refractivity contribution < 1.29 is 13.5 Å². The van der Waals surface area contributed by atoms with Gasteiger partial charge in [-0.1, -0.05) is 15.9 Å². The number of hydrogen-bond acceptors (Lipinski definition) is 2. The van der Waals surface area contributed by atoms with Crippen LogP contribution in [0.5, 0.6) is 5.75 Å². The highest BCUT2D eigenvalue weighted by molar-refractivity contribution is 9.10. The number of likely N-dealkylation sites (tertiary alicyclic amines) is 1. The van der Waals surface area contributed by atoms with Gasteiger partial charge in [-0.05, 0) is 30.2 Å². The van der Waals surface area contributed by atoms with Crippen molar-refractivity contribution in [2.75, 3.05) is 26.7 Å². The molecule has 1 saturated heterocycles. The standard InChI is InChI=1S/C14H18BrF2NO/c1-19-12-2-3-13(15)11(10-12)4-7-18-8-5-14(16,17)6-9-18/h2-3,10H,4-9H2,1H3. The topological polar surface area (TPSA) is 12.5 Å². The van der Waals surface area contributed by atoms with Gasteiger partial charge in [0.2, 0.25) is 0 Å². The molecule has 0 N–H and O–H groups in total. The quantitative estimate of drug-likeness (QED) is 0.832. The maximum absolute atomic E-state index is 13.1. The Hall–Kier alpha value is -0.680. The summed E-state index contributed by atoms with van der Waals surface area (Å²) in [7, 11) is 1.64. The smallest absolute Gasteiger partial charge is 0.250 e. The number of nitrogens with zero attached hydrogens (tertiary/aromatic N) is 1. The fourth-order valence-electron chi connectivity index (χ4n) is 2.25. The van der Waals surface area contributed by atoms with Gasteiger partial charge in [-0.3, -0.25) is 0 Å². The van der Waals surface area contributed by atoms with E-state index in [1.807, 2.05) is 18.2 Å². The lowest BCUT2D eigenvalue weighted by Gasteiger charge is -2.31. The van der Waals surface area contributed by atoms with Crippen molar-refractivity contribution in [1.29, 1.82) is 0 Å². The summed E-state index contributed by atoms with van der Waals surface area (Å²) in [5.74, 6) is -1.64. The van der Waals surface area contributed by atoms with Gasteiger partial charge in [-0.15, -0.1) is 0 Å². The maximum Gasteiger partial charge on any atom is 0.250 e. The maximum atomic E-state index is 13.1. The van der Waals surface area contributed by atoms with Crippen LogP contribution in [0.2, 0.25) is 0 Å². The number of piperidine rings is 1. The third-order valence-electron chi connectivity index (χ3n) is 3.54. The third kappa shape index (κ3) is 4.14. The molecule has 5 heteroatoms. The first-order chi connectivity index (χ1) is 9.00. The first kappa shape index (κ1) is 14.7. The molecule has 0 spiro atoms. The summed E-state index contributed by atoms with van der Waals surface area (Å²) in [5.41, 5.74) is 1.15. The molecule has 1 aliphatic heterocycles. The van der Waals surface area contributed by atoms with Crippen molar-refractivity contribution in [3.05, 3.63) is 28.2 Å². The molecule has 0 atom stereocenters. The van der Waals surface area contributed by atoms with Crippen molar-refractivity contribution in [2.24, 2.45) is 0 Å². The second-order valence-corrected chi connectivity index (χ2v) is 5.76. The minimum Gasteiger partial charge on any atom is -0.497 e. The zero-order chi connectivity index (χ0) is 13.9. The number of hydrogen-bond donors (Lipinski definition) is 0. The summed E-state index contributed by atoms with van der Waals surface area (Å²) in [6.07, 6.45) is 0.794. The van der Waals surface area contributed by atoms with E-state index >= 15 is 0 Å². The number of halogens is 3. The number of benzene rings is 1. The van der Waals surface area contributed by atoms with E-state index in [9.17, 15) is 8.78 Å². The SMILES string of the molecule is COc1ccc(Br)c(CCN2CCC(F)(F)CC2)c1. The Bertz CT molecular complexity index is 429. The fourth-order valence-corrected chi connectivity index (χ4v) is 2.70. The molecule has 1 aliphatic rings. The Morgan fingerprint density at radius 3 is 2.63 bits per heavy atom. The van der Waals surface area contributed by atoms with Gasteiger partial charge in [-0.2, -0.15) is 0 Å². The lowest BCUT2D eigenvalue weighted by molar-refractivity contribution is -0.0548. The second-order valence-electron chi connectivity index (χ2n) is 4.90. The molecule has 0 saturated carbocycles. The van der Waals surface area contributed by atoms with Crippen LogP contribution in [-0.4, -0.2) is 37.6 Å². The highest BCUT2D eigenvalue weighted by Crippen LogP contribution is 2.28. The Morgan fingerprint density at radius 2 is 2.00 bits per heavy atom. The van der Waals surface area contributed by atoms with Crippen LogP contribution in [0.25, 0.3) is 0 Å². The Morgan fingerprint density at radius 1 is 1.32 bits per heavy atom. The highest BCUT2D eigenvalue weighted by atomic mass is 79.9. The summed E-state index contributed by atoms with van der Waals surface area (Å²) in [6.45, 7) is 1.77. The van der Waals surface area contributed by atoms with E-state index in [0.717, 1.165) is 28.8 Å². The average molecular weight is 334 g/mol. The van der Waals surface area contributed by atoms with Crippen LogP contribution in [0.4, 0.5) is 8.78 Å². The first-order valence-electron chi connectivity index (χ1n) is 6.43. The van der Waals surface area contributed by atoms with Crippen LogP contribution in [0, 0.1) is 0 Å². The second kappa shape index (κ2) is 6.18. The van der Waals surface area contributed by atoms with Crippen molar-refractivity contribution >= 4 is 15.9 Å². The van der Waals surface area contributed by atoms with Crippen LogP contribution in [0.15, 0.2) is 22.7 Å². The summed E-state index contributed by atoms with van der Waals surface area (Å²) in [6, 6.07) is 5.84. The molecule has 0 bridgehead atoms. The van der Waals surface area contributed by atoms with E-state index in [1.165, 1.54) is 0 Å². The molecule has 0 amide bonds. The number of rotatable bonds is 4. The van der Waals surface area contributed by atoms with Gasteiger partial charge in [0.1, 0.15) is 5.75 Å². The van der Waals surface area contributed by atoms with Crippen molar-refractivity contribution in [1.82, 2.24) is 4.90 Å². The number of alkyl halides is 2. The van der Waals surface area contributed by atoms with Crippen LogP contribution in [0.3, 0.4) is 0 Å². The van der Waals surface area contributed by atoms with E-state index < -0.39 is 5.92 Å². The number of methoxy groups -OCH3 is 1. The van der Waals surface area contributed by atoms with Crippen molar-refractivity contribution in [3.63, 3.8) is 0 Å². The van der Waals surface area contributed by atoms with Crippen LogP contribution < -0.4 is 4.74 Å². The largest absolute Gasteiger partial charge is 0.497 e. The van der Waals surface area contributed by atoms with Crippen molar-refractivity contribution in [3.8, 4) is 5.75 Å². The van der Waals surface area contributed by atoms with Crippen LogP contribution in [0.1, 0.15) is 18.4 Å². The normalized spacial score (nSPS) is 19.4. The van der Waals surface area contributed by atoms with Gasteiger partial charge in [0.15, 0.2) is 0 Å². The average Bonchev–Trinajstić information content (AvgIpc) is 2.39. The summed E-state index contributed by atoms with van der Waals surface area (Å²) < 4.78 is 32.3. The Balaban J connectivity index is 1.89.